The van der Waals surface area contributed by atoms with Crippen molar-refractivity contribution in [2.45, 2.75) is 57.9 Å². The van der Waals surface area contributed by atoms with Gasteiger partial charge in [0, 0.05) is 6.42 Å². The van der Waals surface area contributed by atoms with Gasteiger partial charge < -0.3 is 5.32 Å². The summed E-state index contributed by atoms with van der Waals surface area (Å²) in [6.45, 7) is 2.10. The maximum absolute atomic E-state index is 12.9. The van der Waals surface area contributed by atoms with E-state index in [9.17, 15) is 9.18 Å². The highest BCUT2D eigenvalue weighted by atomic mass is 19.1. The zero-order valence-corrected chi connectivity index (χ0v) is 14.9. The molecule has 0 saturated heterocycles. The molecule has 2 nitrogen and oxygen atoms in total. The molecule has 0 heterocycles. The van der Waals surface area contributed by atoms with E-state index in [0.29, 0.717) is 12.8 Å². The van der Waals surface area contributed by atoms with Gasteiger partial charge in [0.25, 0.3) is 0 Å². The summed E-state index contributed by atoms with van der Waals surface area (Å²) >= 11 is 0. The summed E-state index contributed by atoms with van der Waals surface area (Å²) in [5, 5.41) is 3.16. The van der Waals surface area contributed by atoms with Crippen molar-refractivity contribution < 1.29 is 9.18 Å². The summed E-state index contributed by atoms with van der Waals surface area (Å²) in [5.74, 6) is -0.194. The van der Waals surface area contributed by atoms with Crippen LogP contribution in [-0.2, 0) is 24.1 Å². The molecule has 2 aromatic carbocycles. The summed E-state index contributed by atoms with van der Waals surface area (Å²) in [6, 6.07) is 13.1. The maximum Gasteiger partial charge on any atom is 0.220 e. The normalized spacial score (nSPS) is 14.6. The van der Waals surface area contributed by atoms with Crippen molar-refractivity contribution in [2.75, 3.05) is 0 Å². The van der Waals surface area contributed by atoms with E-state index in [1.807, 2.05) is 0 Å². The van der Waals surface area contributed by atoms with Crippen molar-refractivity contribution in [2.24, 2.45) is 0 Å². The Kier molecular flexibility index (Phi) is 5.85. The molecule has 1 atom stereocenters. The topological polar surface area (TPSA) is 29.1 Å². The Balaban J connectivity index is 1.59. The average molecular weight is 339 g/mol. The summed E-state index contributed by atoms with van der Waals surface area (Å²) in [4.78, 5) is 12.3. The minimum atomic E-state index is -0.244. The van der Waals surface area contributed by atoms with E-state index in [-0.39, 0.29) is 17.8 Å². The number of fused-ring (bicyclic) bond motifs is 1. The molecule has 0 spiro atoms. The van der Waals surface area contributed by atoms with Gasteiger partial charge in [-0.15, -0.1) is 0 Å². The third-order valence-corrected chi connectivity index (χ3v) is 5.07. The fourth-order valence-corrected chi connectivity index (χ4v) is 3.57. The molecule has 0 bridgehead atoms. The fourth-order valence-electron chi connectivity index (χ4n) is 3.57. The van der Waals surface area contributed by atoms with Gasteiger partial charge in [-0.05, 0) is 72.9 Å². The van der Waals surface area contributed by atoms with Crippen molar-refractivity contribution in [3.8, 4) is 0 Å². The third-order valence-electron chi connectivity index (χ3n) is 5.07. The number of aryl methyl sites for hydroxylation is 3. The predicted molar refractivity (Wildman–Crippen MR) is 99.0 cm³/mol. The first kappa shape index (κ1) is 17.7. The number of carbonyl (C=O) groups is 1. The van der Waals surface area contributed by atoms with E-state index < -0.39 is 0 Å². The van der Waals surface area contributed by atoms with E-state index in [4.69, 9.17) is 0 Å². The highest BCUT2D eigenvalue weighted by molar-refractivity contribution is 5.76. The van der Waals surface area contributed by atoms with Crippen LogP contribution < -0.4 is 5.32 Å². The zero-order chi connectivity index (χ0) is 17.6. The number of halogens is 1. The van der Waals surface area contributed by atoms with E-state index in [1.165, 1.54) is 48.1 Å². The second-order valence-corrected chi connectivity index (χ2v) is 6.89. The molecule has 0 fully saturated rings. The van der Waals surface area contributed by atoms with Crippen molar-refractivity contribution in [1.82, 2.24) is 5.32 Å². The first-order chi connectivity index (χ1) is 12.2. The SMILES string of the molecule is CC[C@@H](NC(=O)CCc1ccc(F)cc1)c1ccc2c(c1)CCCC2. The summed E-state index contributed by atoms with van der Waals surface area (Å²) in [6.07, 6.45) is 6.80. The number of rotatable bonds is 6. The van der Waals surface area contributed by atoms with E-state index >= 15 is 0 Å². The quantitative estimate of drug-likeness (QED) is 0.796. The molecule has 0 aromatic heterocycles. The molecule has 1 N–H and O–H groups in total. The number of hydrogen-bond donors (Lipinski definition) is 1. The average Bonchev–Trinajstić information content (AvgIpc) is 2.65. The van der Waals surface area contributed by atoms with Gasteiger partial charge in [-0.2, -0.15) is 0 Å². The van der Waals surface area contributed by atoms with Crippen molar-refractivity contribution >= 4 is 5.91 Å². The Morgan fingerprint density at radius 2 is 1.80 bits per heavy atom. The molecular formula is C22H26FNO. The molecule has 3 heteroatoms. The third kappa shape index (κ3) is 4.68. The van der Waals surface area contributed by atoms with Crippen LogP contribution in [0.25, 0.3) is 0 Å². The van der Waals surface area contributed by atoms with Gasteiger partial charge in [-0.1, -0.05) is 37.3 Å². The lowest BCUT2D eigenvalue weighted by atomic mass is 9.89. The summed E-state index contributed by atoms with van der Waals surface area (Å²) < 4.78 is 12.9. The van der Waals surface area contributed by atoms with Gasteiger partial charge in [0.2, 0.25) is 5.91 Å². The molecule has 3 rings (SSSR count). The van der Waals surface area contributed by atoms with Crippen molar-refractivity contribution in [3.63, 3.8) is 0 Å². The van der Waals surface area contributed by atoms with Crippen LogP contribution in [0, 0.1) is 5.82 Å². The largest absolute Gasteiger partial charge is 0.349 e. The van der Waals surface area contributed by atoms with Gasteiger partial charge >= 0.3 is 0 Å². The Hall–Kier alpha value is -2.16. The van der Waals surface area contributed by atoms with Crippen LogP contribution in [0.2, 0.25) is 0 Å². The molecule has 2 aromatic rings. The van der Waals surface area contributed by atoms with Gasteiger partial charge in [0.1, 0.15) is 5.82 Å². The second-order valence-electron chi connectivity index (χ2n) is 6.89. The molecule has 1 aliphatic carbocycles. The van der Waals surface area contributed by atoms with Crippen LogP contribution in [0.5, 0.6) is 0 Å². The number of carbonyl (C=O) groups excluding carboxylic acids is 1. The molecule has 25 heavy (non-hydrogen) atoms. The smallest absolute Gasteiger partial charge is 0.220 e. The van der Waals surface area contributed by atoms with Crippen LogP contribution >= 0.6 is 0 Å². The highest BCUT2D eigenvalue weighted by Gasteiger charge is 2.16. The second kappa shape index (κ2) is 8.28. The zero-order valence-electron chi connectivity index (χ0n) is 14.9. The lowest BCUT2D eigenvalue weighted by Gasteiger charge is -2.21. The minimum absolute atomic E-state index is 0.0499. The van der Waals surface area contributed by atoms with Crippen LogP contribution in [-0.4, -0.2) is 5.91 Å². The monoisotopic (exact) mass is 339 g/mol. The Labute approximate surface area is 149 Å². The van der Waals surface area contributed by atoms with Gasteiger partial charge in [-0.3, -0.25) is 4.79 Å². The minimum Gasteiger partial charge on any atom is -0.349 e. The van der Waals surface area contributed by atoms with Gasteiger partial charge in [0.15, 0.2) is 0 Å². The van der Waals surface area contributed by atoms with Crippen LogP contribution in [0.4, 0.5) is 4.39 Å². The number of hydrogen-bond acceptors (Lipinski definition) is 1. The standard InChI is InChI=1S/C22H26FNO/c1-2-21(19-11-10-17-5-3-4-6-18(17)15-19)24-22(25)14-9-16-7-12-20(23)13-8-16/h7-8,10-13,15,21H,2-6,9,14H2,1H3,(H,24,25)/t21-/m1/s1. The van der Waals surface area contributed by atoms with Gasteiger partial charge in [0.05, 0.1) is 6.04 Å². The molecule has 0 unspecified atom stereocenters. The van der Waals surface area contributed by atoms with Crippen LogP contribution in [0.1, 0.15) is 60.9 Å². The van der Waals surface area contributed by atoms with E-state index in [0.717, 1.165) is 18.4 Å². The number of amides is 1. The first-order valence-corrected chi connectivity index (χ1v) is 9.31. The lowest BCUT2D eigenvalue weighted by molar-refractivity contribution is -0.121. The Morgan fingerprint density at radius 1 is 1.08 bits per heavy atom. The molecule has 132 valence electrons. The van der Waals surface area contributed by atoms with Gasteiger partial charge in [-0.25, -0.2) is 4.39 Å². The Bertz CT molecular complexity index is 723. The number of nitrogens with one attached hydrogen (secondary N) is 1. The van der Waals surface area contributed by atoms with Crippen molar-refractivity contribution in [3.05, 3.63) is 70.5 Å². The number of benzene rings is 2. The fraction of sp³-hybridized carbons (Fsp3) is 0.409. The molecule has 0 aliphatic heterocycles. The summed E-state index contributed by atoms with van der Waals surface area (Å²) in [5.41, 5.74) is 5.10. The van der Waals surface area contributed by atoms with Crippen LogP contribution in [0.3, 0.4) is 0 Å². The lowest BCUT2D eigenvalue weighted by Crippen LogP contribution is -2.28. The maximum atomic E-state index is 12.9. The molecule has 0 saturated carbocycles. The highest BCUT2D eigenvalue weighted by Crippen LogP contribution is 2.26. The molecule has 1 aliphatic rings. The molecule has 1 amide bonds. The van der Waals surface area contributed by atoms with E-state index in [2.05, 4.69) is 30.4 Å². The first-order valence-electron chi connectivity index (χ1n) is 9.31. The predicted octanol–water partition coefficient (Wildman–Crippen LogP) is 4.90. The molecular weight excluding hydrogens is 313 g/mol. The Morgan fingerprint density at radius 3 is 2.52 bits per heavy atom. The molecule has 0 radical (unpaired) electrons. The van der Waals surface area contributed by atoms with E-state index in [1.54, 1.807) is 12.1 Å². The van der Waals surface area contributed by atoms with Crippen LogP contribution in [0.15, 0.2) is 42.5 Å². The summed E-state index contributed by atoms with van der Waals surface area (Å²) in [7, 11) is 0. The van der Waals surface area contributed by atoms with Crippen molar-refractivity contribution in [1.29, 1.82) is 0 Å².